The maximum Gasteiger partial charge on any atom is 0.244 e. The topological polar surface area (TPSA) is 69.7 Å². The smallest absolute Gasteiger partial charge is 0.244 e. The molecule has 0 aliphatic carbocycles. The standard InChI is InChI=1S/C18H28ClN3O3S/c1-14(22-11-7-5-4-6-8-12-22)18(23)20-15-9-10-16(19)17(13-15)26(24,25)21(2)3/h9-10,13-14H,4-8,11-12H2,1-3H3,(H,20,23)/t14-/m0/s1. The average Bonchev–Trinajstić information content (AvgIpc) is 2.55. The molecule has 1 aliphatic rings. The number of nitrogens with one attached hydrogen (secondary N) is 1. The van der Waals surface area contributed by atoms with Crippen molar-refractivity contribution in [3.05, 3.63) is 23.2 Å². The van der Waals surface area contributed by atoms with Gasteiger partial charge in [0.1, 0.15) is 4.90 Å². The number of nitrogens with zero attached hydrogens (tertiary/aromatic N) is 2. The minimum Gasteiger partial charge on any atom is -0.325 e. The van der Waals surface area contributed by atoms with Gasteiger partial charge in [0.25, 0.3) is 0 Å². The van der Waals surface area contributed by atoms with E-state index in [0.717, 1.165) is 30.2 Å². The minimum atomic E-state index is -3.68. The normalized spacial score (nSPS) is 18.2. The van der Waals surface area contributed by atoms with Crippen LogP contribution >= 0.6 is 11.6 Å². The molecule has 1 aromatic carbocycles. The number of halogens is 1. The largest absolute Gasteiger partial charge is 0.325 e. The number of anilines is 1. The summed E-state index contributed by atoms with van der Waals surface area (Å²) in [5, 5.41) is 2.96. The van der Waals surface area contributed by atoms with Gasteiger partial charge in [0.05, 0.1) is 11.1 Å². The molecule has 1 heterocycles. The quantitative estimate of drug-likeness (QED) is 0.822. The van der Waals surface area contributed by atoms with Crippen molar-refractivity contribution in [1.82, 2.24) is 9.21 Å². The molecule has 1 aromatic rings. The van der Waals surface area contributed by atoms with Crippen molar-refractivity contribution in [2.24, 2.45) is 0 Å². The molecule has 2 rings (SSSR count). The Kier molecular flexibility index (Phi) is 7.46. The molecule has 26 heavy (non-hydrogen) atoms. The molecule has 1 saturated heterocycles. The Morgan fingerprint density at radius 1 is 1.15 bits per heavy atom. The zero-order valence-corrected chi connectivity index (χ0v) is 17.2. The molecule has 146 valence electrons. The SMILES string of the molecule is C[C@@H](C(=O)Nc1ccc(Cl)c(S(=O)(=O)N(C)C)c1)N1CCCCCCC1. The van der Waals surface area contributed by atoms with Gasteiger partial charge in [-0.25, -0.2) is 12.7 Å². The van der Waals surface area contributed by atoms with Gasteiger partial charge in [-0.2, -0.15) is 0 Å². The second kappa shape index (κ2) is 9.17. The molecule has 0 unspecified atom stereocenters. The average molecular weight is 402 g/mol. The van der Waals surface area contributed by atoms with Crippen LogP contribution in [0.15, 0.2) is 23.1 Å². The lowest BCUT2D eigenvalue weighted by atomic mass is 10.1. The highest BCUT2D eigenvalue weighted by atomic mass is 35.5. The molecule has 0 aromatic heterocycles. The number of benzene rings is 1. The highest BCUT2D eigenvalue weighted by molar-refractivity contribution is 7.89. The fraction of sp³-hybridized carbons (Fsp3) is 0.611. The first kappa shape index (κ1) is 21.2. The van der Waals surface area contributed by atoms with Crippen molar-refractivity contribution < 1.29 is 13.2 Å². The van der Waals surface area contributed by atoms with E-state index in [0.29, 0.717) is 5.69 Å². The Balaban J connectivity index is 2.13. The Labute approximate surface area is 161 Å². The predicted molar refractivity (Wildman–Crippen MR) is 105 cm³/mol. The Morgan fingerprint density at radius 3 is 2.31 bits per heavy atom. The van der Waals surface area contributed by atoms with Crippen molar-refractivity contribution in [2.75, 3.05) is 32.5 Å². The molecule has 1 aliphatic heterocycles. The number of carbonyl (C=O) groups is 1. The summed E-state index contributed by atoms with van der Waals surface area (Å²) in [6.45, 7) is 3.72. The third-order valence-corrected chi connectivity index (χ3v) is 7.07. The van der Waals surface area contributed by atoms with E-state index in [-0.39, 0.29) is 21.9 Å². The van der Waals surface area contributed by atoms with Crippen LogP contribution in [0.1, 0.15) is 39.0 Å². The van der Waals surface area contributed by atoms with Gasteiger partial charge in [-0.3, -0.25) is 9.69 Å². The van der Waals surface area contributed by atoms with E-state index >= 15 is 0 Å². The summed E-state index contributed by atoms with van der Waals surface area (Å²) in [6.07, 6.45) is 5.87. The van der Waals surface area contributed by atoms with Crippen LogP contribution in [0.3, 0.4) is 0 Å². The van der Waals surface area contributed by atoms with E-state index in [9.17, 15) is 13.2 Å². The van der Waals surface area contributed by atoms with Gasteiger partial charge < -0.3 is 5.32 Å². The van der Waals surface area contributed by atoms with Gasteiger partial charge in [0, 0.05) is 19.8 Å². The van der Waals surface area contributed by atoms with Gasteiger partial charge in [-0.05, 0) is 51.1 Å². The second-order valence-corrected chi connectivity index (χ2v) is 9.43. The van der Waals surface area contributed by atoms with Crippen molar-refractivity contribution >= 4 is 33.2 Å². The van der Waals surface area contributed by atoms with Crippen LogP contribution < -0.4 is 5.32 Å². The van der Waals surface area contributed by atoms with E-state index < -0.39 is 10.0 Å². The first-order valence-electron chi connectivity index (χ1n) is 9.00. The highest BCUT2D eigenvalue weighted by Gasteiger charge is 2.24. The van der Waals surface area contributed by atoms with Gasteiger partial charge >= 0.3 is 0 Å². The number of rotatable bonds is 5. The summed E-state index contributed by atoms with van der Waals surface area (Å²) >= 11 is 6.05. The zero-order valence-electron chi connectivity index (χ0n) is 15.7. The van der Waals surface area contributed by atoms with Gasteiger partial charge in [-0.15, -0.1) is 0 Å². The summed E-state index contributed by atoms with van der Waals surface area (Å²) < 4.78 is 25.8. The lowest BCUT2D eigenvalue weighted by molar-refractivity contribution is -0.120. The highest BCUT2D eigenvalue weighted by Crippen LogP contribution is 2.27. The first-order valence-corrected chi connectivity index (χ1v) is 10.8. The zero-order chi connectivity index (χ0) is 19.3. The van der Waals surface area contributed by atoms with Crippen molar-refractivity contribution in [2.45, 2.75) is 50.0 Å². The van der Waals surface area contributed by atoms with Crippen LogP contribution in [-0.2, 0) is 14.8 Å². The summed E-state index contributed by atoms with van der Waals surface area (Å²) in [5.41, 5.74) is 0.429. The molecular weight excluding hydrogens is 374 g/mol. The number of hydrogen-bond donors (Lipinski definition) is 1. The van der Waals surface area contributed by atoms with Crippen LogP contribution in [0.4, 0.5) is 5.69 Å². The molecule has 0 spiro atoms. The monoisotopic (exact) mass is 401 g/mol. The fourth-order valence-corrected chi connectivity index (χ4v) is 4.44. The number of carbonyl (C=O) groups excluding carboxylic acids is 1. The van der Waals surface area contributed by atoms with Crippen LogP contribution in [0.25, 0.3) is 0 Å². The molecular formula is C18H28ClN3O3S. The molecule has 1 atom stereocenters. The Hall–Kier alpha value is -1.15. The Bertz CT molecular complexity index is 729. The minimum absolute atomic E-state index is 0.0131. The van der Waals surface area contributed by atoms with E-state index in [1.54, 1.807) is 6.07 Å². The third kappa shape index (κ3) is 5.19. The molecule has 8 heteroatoms. The third-order valence-electron chi connectivity index (χ3n) is 4.78. The van der Waals surface area contributed by atoms with Crippen LogP contribution in [0, 0.1) is 0 Å². The van der Waals surface area contributed by atoms with Crippen molar-refractivity contribution in [1.29, 1.82) is 0 Å². The molecule has 1 amide bonds. The summed E-state index contributed by atoms with van der Waals surface area (Å²) in [7, 11) is -0.785. The van der Waals surface area contributed by atoms with Gasteiger partial charge in [0.2, 0.25) is 15.9 Å². The molecule has 0 saturated carbocycles. The van der Waals surface area contributed by atoms with E-state index in [2.05, 4.69) is 10.2 Å². The number of sulfonamides is 1. The maximum absolute atomic E-state index is 12.6. The maximum atomic E-state index is 12.6. The summed E-state index contributed by atoms with van der Waals surface area (Å²) in [6, 6.07) is 4.26. The second-order valence-electron chi connectivity index (χ2n) is 6.90. The molecule has 1 fully saturated rings. The lowest BCUT2D eigenvalue weighted by Crippen LogP contribution is -2.43. The predicted octanol–water partition coefficient (Wildman–Crippen LogP) is 3.18. The van der Waals surface area contributed by atoms with Crippen LogP contribution in [0.2, 0.25) is 5.02 Å². The molecule has 6 nitrogen and oxygen atoms in total. The first-order chi connectivity index (χ1) is 12.2. The lowest BCUT2D eigenvalue weighted by Gasteiger charge is -2.29. The van der Waals surface area contributed by atoms with Gasteiger partial charge in [0.15, 0.2) is 0 Å². The van der Waals surface area contributed by atoms with E-state index in [1.165, 1.54) is 45.5 Å². The molecule has 0 bridgehead atoms. The number of likely N-dealkylation sites (tertiary alicyclic amines) is 1. The molecule has 1 N–H and O–H groups in total. The van der Waals surface area contributed by atoms with Crippen molar-refractivity contribution in [3.8, 4) is 0 Å². The van der Waals surface area contributed by atoms with Crippen LogP contribution in [0.5, 0.6) is 0 Å². The summed E-state index contributed by atoms with van der Waals surface area (Å²) in [5.74, 6) is -0.138. The number of amides is 1. The van der Waals surface area contributed by atoms with Gasteiger partial charge in [-0.1, -0.05) is 30.9 Å². The van der Waals surface area contributed by atoms with Crippen LogP contribution in [-0.4, -0.2) is 56.8 Å². The summed E-state index contributed by atoms with van der Waals surface area (Å²) in [4.78, 5) is 14.8. The number of hydrogen-bond acceptors (Lipinski definition) is 4. The molecule has 0 radical (unpaired) electrons. The Morgan fingerprint density at radius 2 is 1.73 bits per heavy atom. The van der Waals surface area contributed by atoms with Crippen molar-refractivity contribution in [3.63, 3.8) is 0 Å². The van der Waals surface area contributed by atoms with E-state index in [4.69, 9.17) is 11.6 Å². The van der Waals surface area contributed by atoms with E-state index in [1.807, 2.05) is 6.92 Å². The fourth-order valence-electron chi connectivity index (χ4n) is 3.05.